The quantitative estimate of drug-likeness (QED) is 0.432. The number of fused-ring (bicyclic) bond motifs is 1. The number of rotatable bonds is 5. The van der Waals surface area contributed by atoms with Crippen molar-refractivity contribution in [1.29, 1.82) is 0 Å². The molecule has 1 N–H and O–H groups in total. The van der Waals surface area contributed by atoms with E-state index in [1.807, 2.05) is 13.8 Å². The maximum atomic E-state index is 13.5. The fraction of sp³-hybridized carbons (Fsp3) is 0.174. The molecule has 9 heteroatoms. The third kappa shape index (κ3) is 2.93. The van der Waals surface area contributed by atoms with Crippen molar-refractivity contribution in [1.82, 2.24) is 4.98 Å². The first-order valence-electron chi connectivity index (χ1n) is 9.76. The van der Waals surface area contributed by atoms with Crippen LogP contribution < -0.4 is 9.64 Å². The average Bonchev–Trinajstić information content (AvgIpc) is 3.55. The molecule has 0 fully saturated rings. The molecule has 1 aliphatic heterocycles. The van der Waals surface area contributed by atoms with Gasteiger partial charge in [-0.1, -0.05) is 12.1 Å². The number of methoxy groups -OCH3 is 1. The van der Waals surface area contributed by atoms with E-state index in [9.17, 15) is 14.7 Å². The lowest BCUT2D eigenvalue weighted by Crippen LogP contribution is -2.30. The predicted octanol–water partition coefficient (Wildman–Crippen LogP) is 4.89. The summed E-state index contributed by atoms with van der Waals surface area (Å²) >= 11 is 1.30. The molecule has 1 aromatic carbocycles. The summed E-state index contributed by atoms with van der Waals surface area (Å²) in [6, 6.07) is 9.15. The lowest BCUT2D eigenvalue weighted by Gasteiger charge is -2.21. The van der Waals surface area contributed by atoms with E-state index in [-0.39, 0.29) is 11.3 Å². The fourth-order valence-electron chi connectivity index (χ4n) is 3.75. The first-order chi connectivity index (χ1) is 15.4. The van der Waals surface area contributed by atoms with Gasteiger partial charge in [0.05, 0.1) is 24.6 Å². The van der Waals surface area contributed by atoms with Crippen LogP contribution in [0.3, 0.4) is 0 Å². The summed E-state index contributed by atoms with van der Waals surface area (Å²) in [6.07, 6.45) is 1.44. The second-order valence-corrected chi connectivity index (χ2v) is 8.49. The number of carbonyl (C=O) groups is 2. The average molecular weight is 450 g/mol. The summed E-state index contributed by atoms with van der Waals surface area (Å²) in [4.78, 5) is 33.3. The van der Waals surface area contributed by atoms with Crippen LogP contribution in [-0.2, 0) is 4.79 Å². The first kappa shape index (κ1) is 20.1. The highest BCUT2D eigenvalue weighted by molar-refractivity contribution is 7.15. The molecule has 1 amide bonds. The number of aryl methyl sites for hydroxylation is 2. The number of nitrogens with zero attached hydrogens (tertiary/aromatic N) is 2. The van der Waals surface area contributed by atoms with Gasteiger partial charge in [-0.05, 0) is 38.1 Å². The zero-order chi connectivity index (χ0) is 22.6. The van der Waals surface area contributed by atoms with Crippen LogP contribution in [0, 0.1) is 13.8 Å². The Morgan fingerprint density at radius 2 is 2.06 bits per heavy atom. The third-order valence-corrected chi connectivity index (χ3v) is 6.51. The minimum atomic E-state index is -0.981. The molecule has 0 saturated carbocycles. The van der Waals surface area contributed by atoms with Crippen molar-refractivity contribution >= 4 is 39.1 Å². The number of hydrogen-bond acceptors (Lipinski definition) is 8. The lowest BCUT2D eigenvalue weighted by atomic mass is 10.00. The number of para-hydroxylation sites is 1. The van der Waals surface area contributed by atoms with Crippen molar-refractivity contribution in [3.63, 3.8) is 0 Å². The maximum Gasteiger partial charge on any atom is 0.296 e. The zero-order valence-electron chi connectivity index (χ0n) is 17.4. The van der Waals surface area contributed by atoms with E-state index in [0.717, 1.165) is 10.6 Å². The molecule has 1 atom stereocenters. The second kappa shape index (κ2) is 7.38. The molecule has 32 heavy (non-hydrogen) atoms. The molecule has 3 aromatic heterocycles. The van der Waals surface area contributed by atoms with E-state index < -0.39 is 23.5 Å². The smallest absolute Gasteiger partial charge is 0.296 e. The number of aromatic nitrogens is 1. The molecule has 0 spiro atoms. The number of hydrogen-bond donors (Lipinski definition) is 1. The Hall–Kier alpha value is -3.85. The van der Waals surface area contributed by atoms with Gasteiger partial charge in [-0.3, -0.25) is 14.5 Å². The van der Waals surface area contributed by atoms with Crippen LogP contribution >= 0.6 is 11.3 Å². The number of amides is 1. The Bertz CT molecular complexity index is 1380. The highest BCUT2D eigenvalue weighted by Gasteiger charge is 2.48. The molecule has 162 valence electrons. The number of ether oxygens (including phenoxy) is 1. The van der Waals surface area contributed by atoms with Crippen LogP contribution in [0.5, 0.6) is 5.75 Å². The summed E-state index contributed by atoms with van der Waals surface area (Å²) in [5.41, 5.74) is 1.04. The Balaban J connectivity index is 1.64. The molecule has 4 heterocycles. The topological polar surface area (TPSA) is 106 Å². The highest BCUT2D eigenvalue weighted by atomic mass is 32.1. The zero-order valence-corrected chi connectivity index (χ0v) is 18.2. The summed E-state index contributed by atoms with van der Waals surface area (Å²) in [6.45, 7) is 3.72. The molecule has 0 aliphatic carbocycles. The van der Waals surface area contributed by atoms with Crippen LogP contribution in [0.25, 0.3) is 11.0 Å². The number of anilines is 1. The van der Waals surface area contributed by atoms with Crippen molar-refractivity contribution < 1.29 is 28.3 Å². The number of carbonyl (C=O) groups excluding carboxylic acids is 2. The number of ketones is 1. The van der Waals surface area contributed by atoms with E-state index in [1.165, 1.54) is 29.6 Å². The number of aliphatic hydroxyl groups excluding tert-OH is 1. The first-order valence-corrected chi connectivity index (χ1v) is 10.6. The van der Waals surface area contributed by atoms with Crippen molar-refractivity contribution in [2.45, 2.75) is 19.9 Å². The van der Waals surface area contributed by atoms with Crippen LogP contribution in [0.1, 0.15) is 32.9 Å². The summed E-state index contributed by atoms with van der Waals surface area (Å²) in [5, 5.41) is 11.8. The second-order valence-electron chi connectivity index (χ2n) is 7.31. The minimum absolute atomic E-state index is 0.0243. The summed E-state index contributed by atoms with van der Waals surface area (Å²) in [7, 11) is 1.51. The third-order valence-electron chi connectivity index (χ3n) is 5.44. The Kier molecular flexibility index (Phi) is 4.63. The van der Waals surface area contributed by atoms with Gasteiger partial charge < -0.3 is 18.7 Å². The van der Waals surface area contributed by atoms with Gasteiger partial charge in [-0.25, -0.2) is 4.98 Å². The standard InChI is InChI=1S/C23H18N2O6S/c1-11-12(2)32-23(24-11)25-18(14-8-5-9-30-14)17(20(27)22(25)28)19(26)16-10-13-6-4-7-15(29-3)21(13)31-16/h4-10,18,27H,1-3H3/t18-/m1/s1. The summed E-state index contributed by atoms with van der Waals surface area (Å²) in [5.74, 6) is -1.23. The van der Waals surface area contributed by atoms with Gasteiger partial charge in [-0.2, -0.15) is 0 Å². The maximum absolute atomic E-state index is 13.5. The summed E-state index contributed by atoms with van der Waals surface area (Å²) < 4.78 is 16.6. The molecule has 0 saturated heterocycles. The Labute approximate surface area is 186 Å². The van der Waals surface area contributed by atoms with Gasteiger partial charge >= 0.3 is 0 Å². The Morgan fingerprint density at radius 1 is 1.25 bits per heavy atom. The van der Waals surface area contributed by atoms with E-state index in [1.54, 1.807) is 36.4 Å². The van der Waals surface area contributed by atoms with Gasteiger partial charge in [0.1, 0.15) is 11.8 Å². The van der Waals surface area contributed by atoms with Crippen LogP contribution in [0.15, 0.2) is 62.8 Å². The number of furan rings is 2. The van der Waals surface area contributed by atoms with Gasteiger partial charge in [0.2, 0.25) is 5.78 Å². The number of aliphatic hydroxyl groups is 1. The number of thiazole rings is 1. The molecular formula is C23H18N2O6S. The Morgan fingerprint density at radius 3 is 2.72 bits per heavy atom. The molecule has 8 nitrogen and oxygen atoms in total. The monoisotopic (exact) mass is 450 g/mol. The van der Waals surface area contributed by atoms with Crippen LogP contribution in [0.2, 0.25) is 0 Å². The van der Waals surface area contributed by atoms with E-state index >= 15 is 0 Å². The lowest BCUT2D eigenvalue weighted by molar-refractivity contribution is -0.117. The number of Topliss-reactive ketones (excluding diaryl/α,β-unsaturated/α-hetero) is 1. The predicted molar refractivity (Wildman–Crippen MR) is 117 cm³/mol. The molecule has 0 unspecified atom stereocenters. The fourth-order valence-corrected chi connectivity index (χ4v) is 4.69. The van der Waals surface area contributed by atoms with Gasteiger partial charge in [-0.15, -0.1) is 11.3 Å². The SMILES string of the molecule is COc1cccc2cc(C(=O)C3=C(O)C(=O)N(c4nc(C)c(C)s4)[C@@H]3c3ccco3)oc12. The van der Waals surface area contributed by atoms with Crippen molar-refractivity contribution in [3.8, 4) is 5.75 Å². The van der Waals surface area contributed by atoms with Crippen molar-refractivity contribution in [3.05, 3.63) is 76.1 Å². The molecule has 0 radical (unpaired) electrons. The van der Waals surface area contributed by atoms with Crippen molar-refractivity contribution in [2.75, 3.05) is 12.0 Å². The van der Waals surface area contributed by atoms with Crippen LogP contribution in [-0.4, -0.2) is 28.9 Å². The van der Waals surface area contributed by atoms with Gasteiger partial charge in [0.25, 0.3) is 5.91 Å². The number of benzene rings is 1. The van der Waals surface area contributed by atoms with E-state index in [4.69, 9.17) is 13.6 Å². The largest absolute Gasteiger partial charge is 0.503 e. The molecule has 0 bridgehead atoms. The van der Waals surface area contributed by atoms with E-state index in [0.29, 0.717) is 27.6 Å². The molecule has 1 aliphatic rings. The molecule has 4 aromatic rings. The van der Waals surface area contributed by atoms with Crippen molar-refractivity contribution in [2.24, 2.45) is 0 Å². The minimum Gasteiger partial charge on any atom is -0.503 e. The molecule has 5 rings (SSSR count). The van der Waals surface area contributed by atoms with Crippen LogP contribution in [0.4, 0.5) is 5.13 Å². The van der Waals surface area contributed by atoms with Gasteiger partial charge in [0, 0.05) is 10.3 Å². The normalized spacial score (nSPS) is 16.4. The highest BCUT2D eigenvalue weighted by Crippen LogP contribution is 2.44. The van der Waals surface area contributed by atoms with Gasteiger partial charge in [0.15, 0.2) is 28.0 Å². The molecular weight excluding hydrogens is 432 g/mol. The van der Waals surface area contributed by atoms with E-state index in [2.05, 4.69) is 4.98 Å².